The van der Waals surface area contributed by atoms with E-state index in [1.807, 2.05) is 0 Å². The lowest BCUT2D eigenvalue weighted by Gasteiger charge is -2.41. The molecule has 0 N–H and O–H groups in total. The van der Waals surface area contributed by atoms with Gasteiger partial charge in [0.05, 0.1) is 5.41 Å². The van der Waals surface area contributed by atoms with E-state index >= 15 is 0 Å². The molecule has 0 amide bonds. The van der Waals surface area contributed by atoms with E-state index in [1.54, 1.807) is 27.7 Å². The zero-order valence-electron chi connectivity index (χ0n) is 12.5. The topological polar surface area (TPSA) is 0 Å². The number of hydrogen-bond acceptors (Lipinski definition) is 0. The highest BCUT2D eigenvalue weighted by Gasteiger charge is 2.90. The molecule has 0 aliphatic heterocycles. The van der Waals surface area contributed by atoms with Crippen molar-refractivity contribution in [2.75, 3.05) is 0 Å². The Kier molecular flexibility index (Phi) is 3.38. The van der Waals surface area contributed by atoms with Crippen LogP contribution in [-0.4, -0.2) is 18.0 Å². The summed E-state index contributed by atoms with van der Waals surface area (Å²) in [6.07, 6.45) is -6.88. The van der Waals surface area contributed by atoms with Gasteiger partial charge in [0.25, 0.3) is 0 Å². The van der Waals surface area contributed by atoms with Gasteiger partial charge < -0.3 is 0 Å². The second-order valence-corrected chi connectivity index (χ2v) is 7.28. The van der Waals surface area contributed by atoms with Gasteiger partial charge in [-0.1, -0.05) is 34.6 Å². The summed E-state index contributed by atoms with van der Waals surface area (Å²) in [7, 11) is 0. The predicted octanol–water partition coefficient (Wildman–Crippen LogP) is 5.32. The molecule has 1 rings (SSSR count). The smallest absolute Gasteiger partial charge is 0.243 e. The lowest BCUT2D eigenvalue weighted by molar-refractivity contribution is -0.247. The maximum Gasteiger partial charge on any atom is 0.397 e. The number of alkyl halides is 5. The Morgan fingerprint density at radius 1 is 1.00 bits per heavy atom. The highest BCUT2D eigenvalue weighted by molar-refractivity contribution is 5.33. The van der Waals surface area contributed by atoms with Crippen molar-refractivity contribution in [2.45, 2.75) is 66.5 Å². The van der Waals surface area contributed by atoms with Crippen LogP contribution >= 0.6 is 0 Å². The van der Waals surface area contributed by atoms with E-state index in [9.17, 15) is 22.0 Å². The van der Waals surface area contributed by atoms with Gasteiger partial charge in [0.15, 0.2) is 5.67 Å². The maximum atomic E-state index is 15.0. The molecule has 0 nitrogen and oxygen atoms in total. The molecule has 0 aromatic rings. The molecule has 0 saturated heterocycles. The van der Waals surface area contributed by atoms with Crippen LogP contribution in [-0.2, 0) is 0 Å². The minimum absolute atomic E-state index is 0.127. The summed E-state index contributed by atoms with van der Waals surface area (Å²) in [5, 5.41) is 0. The minimum atomic E-state index is -4.78. The van der Waals surface area contributed by atoms with Crippen LogP contribution in [0.4, 0.5) is 22.0 Å². The van der Waals surface area contributed by atoms with Crippen molar-refractivity contribution in [3.05, 3.63) is 0 Å². The van der Waals surface area contributed by atoms with E-state index in [-0.39, 0.29) is 5.92 Å². The third kappa shape index (κ3) is 1.62. The van der Waals surface area contributed by atoms with Gasteiger partial charge in [0.2, 0.25) is 0 Å². The standard InChI is InChI=1S/C14H23F5/c1-8(2)10(3,4)12(7)9(15)13(12,16)11(5,6)14(17,18)19/h8-9H,1-7H3. The van der Waals surface area contributed by atoms with Crippen molar-refractivity contribution in [2.24, 2.45) is 22.2 Å². The van der Waals surface area contributed by atoms with Gasteiger partial charge in [-0.15, -0.1) is 0 Å². The molecular weight excluding hydrogens is 263 g/mol. The predicted molar refractivity (Wildman–Crippen MR) is 65.3 cm³/mol. The lowest BCUT2D eigenvalue weighted by Crippen LogP contribution is -2.48. The molecule has 1 saturated carbocycles. The highest BCUT2D eigenvalue weighted by Crippen LogP contribution is 2.78. The normalized spacial score (nSPS) is 36.8. The van der Waals surface area contributed by atoms with Crippen LogP contribution in [0.15, 0.2) is 0 Å². The fraction of sp³-hybridized carbons (Fsp3) is 1.00. The average molecular weight is 286 g/mol. The van der Waals surface area contributed by atoms with Crippen molar-refractivity contribution in [3.8, 4) is 0 Å². The molecule has 3 unspecified atom stereocenters. The Morgan fingerprint density at radius 3 is 1.63 bits per heavy atom. The summed E-state index contributed by atoms with van der Waals surface area (Å²) in [5.41, 5.74) is -8.09. The maximum absolute atomic E-state index is 15.0. The highest BCUT2D eigenvalue weighted by atomic mass is 19.4. The van der Waals surface area contributed by atoms with Gasteiger partial charge in [-0.2, -0.15) is 13.2 Å². The van der Waals surface area contributed by atoms with Crippen molar-refractivity contribution in [3.63, 3.8) is 0 Å². The van der Waals surface area contributed by atoms with Gasteiger partial charge in [0, 0.05) is 5.41 Å². The quantitative estimate of drug-likeness (QED) is 0.616. The van der Waals surface area contributed by atoms with Crippen LogP contribution in [0, 0.1) is 22.2 Å². The Hall–Kier alpha value is -0.350. The van der Waals surface area contributed by atoms with Crippen LogP contribution in [0.3, 0.4) is 0 Å². The van der Waals surface area contributed by atoms with Gasteiger partial charge in [0.1, 0.15) is 6.17 Å². The van der Waals surface area contributed by atoms with Crippen LogP contribution in [0.1, 0.15) is 48.5 Å². The molecule has 0 aromatic carbocycles. The molecule has 5 heteroatoms. The van der Waals surface area contributed by atoms with Gasteiger partial charge in [-0.3, -0.25) is 0 Å². The fourth-order valence-electron chi connectivity index (χ4n) is 3.09. The van der Waals surface area contributed by atoms with E-state index in [0.29, 0.717) is 0 Å². The van der Waals surface area contributed by atoms with E-state index in [0.717, 1.165) is 13.8 Å². The van der Waals surface area contributed by atoms with Gasteiger partial charge in [-0.25, -0.2) is 8.78 Å². The molecule has 19 heavy (non-hydrogen) atoms. The third-order valence-electron chi connectivity index (χ3n) is 5.93. The monoisotopic (exact) mass is 286 g/mol. The van der Waals surface area contributed by atoms with E-state index in [4.69, 9.17) is 0 Å². The van der Waals surface area contributed by atoms with Crippen molar-refractivity contribution in [1.82, 2.24) is 0 Å². The molecule has 0 aromatic heterocycles. The minimum Gasteiger partial charge on any atom is -0.243 e. The SMILES string of the molecule is CC(C)C(C)(C)C1(C)C(F)C1(F)C(C)(C)C(F)(F)F. The summed E-state index contributed by atoms with van der Waals surface area (Å²) in [6.45, 7) is 9.62. The first-order valence-corrected chi connectivity index (χ1v) is 6.49. The van der Waals surface area contributed by atoms with Gasteiger partial charge >= 0.3 is 6.18 Å². The molecule has 0 radical (unpaired) electrons. The second kappa shape index (κ2) is 3.85. The molecule has 1 fully saturated rings. The number of rotatable bonds is 3. The lowest BCUT2D eigenvalue weighted by atomic mass is 9.64. The summed E-state index contributed by atoms with van der Waals surface area (Å²) >= 11 is 0. The zero-order valence-corrected chi connectivity index (χ0v) is 12.5. The zero-order chi connectivity index (χ0) is 15.7. The first kappa shape index (κ1) is 16.7. The van der Waals surface area contributed by atoms with Crippen molar-refractivity contribution >= 4 is 0 Å². The molecule has 0 bridgehead atoms. The van der Waals surface area contributed by atoms with E-state index in [1.165, 1.54) is 6.92 Å². The Morgan fingerprint density at radius 2 is 1.37 bits per heavy atom. The summed E-state index contributed by atoms with van der Waals surface area (Å²) < 4.78 is 68.4. The summed E-state index contributed by atoms with van der Waals surface area (Å²) in [6, 6.07) is 0. The van der Waals surface area contributed by atoms with Crippen LogP contribution in [0.2, 0.25) is 0 Å². The molecule has 1 aliphatic rings. The molecule has 114 valence electrons. The largest absolute Gasteiger partial charge is 0.397 e. The first-order chi connectivity index (χ1) is 8.10. The van der Waals surface area contributed by atoms with Crippen molar-refractivity contribution in [1.29, 1.82) is 0 Å². The number of halogens is 5. The fourth-order valence-corrected chi connectivity index (χ4v) is 3.09. The molecular formula is C14H23F5. The molecule has 0 heterocycles. The third-order valence-corrected chi connectivity index (χ3v) is 5.93. The van der Waals surface area contributed by atoms with Crippen molar-refractivity contribution < 1.29 is 22.0 Å². The first-order valence-electron chi connectivity index (χ1n) is 6.49. The molecule has 1 aliphatic carbocycles. The number of hydrogen-bond donors (Lipinski definition) is 0. The molecule has 3 atom stereocenters. The Labute approximate surface area is 111 Å². The Bertz CT molecular complexity index is 369. The van der Waals surface area contributed by atoms with Crippen LogP contribution < -0.4 is 0 Å². The summed E-state index contributed by atoms with van der Waals surface area (Å²) in [4.78, 5) is 0. The molecule has 0 spiro atoms. The Balaban J connectivity index is 3.33. The second-order valence-electron chi connectivity index (χ2n) is 7.28. The van der Waals surface area contributed by atoms with E-state index in [2.05, 4.69) is 0 Å². The van der Waals surface area contributed by atoms with Crippen LogP contribution in [0.5, 0.6) is 0 Å². The average Bonchev–Trinajstić information content (AvgIpc) is 2.66. The summed E-state index contributed by atoms with van der Waals surface area (Å²) in [5.74, 6) is -0.127. The van der Waals surface area contributed by atoms with E-state index < -0.39 is 34.3 Å². The van der Waals surface area contributed by atoms with Gasteiger partial charge in [-0.05, 0) is 25.2 Å². The van der Waals surface area contributed by atoms with Crippen LogP contribution in [0.25, 0.3) is 0 Å².